The van der Waals surface area contributed by atoms with E-state index in [2.05, 4.69) is 5.32 Å². The molecule has 1 aromatic rings. The summed E-state index contributed by atoms with van der Waals surface area (Å²) in [7, 11) is 0. The van der Waals surface area contributed by atoms with E-state index in [0.29, 0.717) is 25.4 Å². The molecule has 3 amide bonds. The highest BCUT2D eigenvalue weighted by Crippen LogP contribution is 2.25. The first-order chi connectivity index (χ1) is 13.5. The molecule has 1 atom stereocenters. The Morgan fingerprint density at radius 1 is 1.14 bits per heavy atom. The molecule has 1 N–H and O–H groups in total. The standard InChI is InChI=1S/C21H29N3O4/c1-3-28-18-10-8-16(9-11-18)22-19(25)15(2)14-23-12-13-24(21(27)20(23)26)17-6-4-5-7-17/h8-11,15,17H,3-7,12-14H2,1-2H3,(H,22,25). The van der Waals surface area contributed by atoms with Gasteiger partial charge in [0.2, 0.25) is 5.91 Å². The molecule has 1 aliphatic heterocycles. The lowest BCUT2D eigenvalue weighted by atomic mass is 10.1. The van der Waals surface area contributed by atoms with Crippen LogP contribution in [-0.2, 0) is 14.4 Å². The zero-order chi connectivity index (χ0) is 20.1. The molecule has 2 aliphatic rings. The fraction of sp³-hybridized carbons (Fsp3) is 0.571. The van der Waals surface area contributed by atoms with E-state index in [1.165, 1.54) is 4.90 Å². The minimum absolute atomic E-state index is 0.178. The lowest BCUT2D eigenvalue weighted by Gasteiger charge is -2.37. The van der Waals surface area contributed by atoms with Crippen LogP contribution in [0.25, 0.3) is 0 Å². The second kappa shape index (κ2) is 9.08. The van der Waals surface area contributed by atoms with E-state index in [-0.39, 0.29) is 18.5 Å². The van der Waals surface area contributed by atoms with Crippen LogP contribution in [0.1, 0.15) is 39.5 Å². The number of carbonyl (C=O) groups is 3. The molecule has 1 aromatic carbocycles. The maximum absolute atomic E-state index is 12.5. The number of nitrogens with one attached hydrogen (secondary N) is 1. The average Bonchev–Trinajstić information content (AvgIpc) is 3.21. The van der Waals surface area contributed by atoms with Crippen molar-refractivity contribution in [3.8, 4) is 5.75 Å². The number of piperazine rings is 1. The van der Waals surface area contributed by atoms with Crippen molar-refractivity contribution >= 4 is 23.4 Å². The number of benzene rings is 1. The van der Waals surface area contributed by atoms with Gasteiger partial charge in [0.15, 0.2) is 0 Å². The van der Waals surface area contributed by atoms with Gasteiger partial charge >= 0.3 is 11.8 Å². The summed E-state index contributed by atoms with van der Waals surface area (Å²) in [4.78, 5) is 40.7. The van der Waals surface area contributed by atoms with E-state index in [4.69, 9.17) is 4.74 Å². The molecule has 28 heavy (non-hydrogen) atoms. The molecule has 0 aromatic heterocycles. The van der Waals surface area contributed by atoms with Crippen molar-refractivity contribution in [3.63, 3.8) is 0 Å². The van der Waals surface area contributed by atoms with Gasteiger partial charge < -0.3 is 19.9 Å². The number of anilines is 1. The normalized spacial score (nSPS) is 19.1. The minimum atomic E-state index is -0.487. The molecule has 3 rings (SSSR count). The lowest BCUT2D eigenvalue weighted by Crippen LogP contribution is -2.57. The predicted molar refractivity (Wildman–Crippen MR) is 106 cm³/mol. The molecule has 1 heterocycles. The number of amides is 3. The van der Waals surface area contributed by atoms with E-state index in [1.807, 2.05) is 6.92 Å². The number of hydrogen-bond donors (Lipinski definition) is 1. The number of rotatable bonds is 7. The first-order valence-corrected chi connectivity index (χ1v) is 10.1. The van der Waals surface area contributed by atoms with Crippen LogP contribution < -0.4 is 10.1 Å². The maximum Gasteiger partial charge on any atom is 0.312 e. The van der Waals surface area contributed by atoms with E-state index in [1.54, 1.807) is 36.1 Å². The molecule has 1 unspecified atom stereocenters. The Morgan fingerprint density at radius 2 is 1.82 bits per heavy atom. The van der Waals surface area contributed by atoms with Crippen molar-refractivity contribution in [1.29, 1.82) is 0 Å². The number of nitrogens with zero attached hydrogens (tertiary/aromatic N) is 2. The summed E-state index contributed by atoms with van der Waals surface area (Å²) in [6.45, 7) is 5.56. The van der Waals surface area contributed by atoms with Gasteiger partial charge in [-0.15, -0.1) is 0 Å². The van der Waals surface area contributed by atoms with Crippen LogP contribution in [0.3, 0.4) is 0 Å². The summed E-state index contributed by atoms with van der Waals surface area (Å²) in [5.74, 6) is -0.752. The Hall–Kier alpha value is -2.57. The topological polar surface area (TPSA) is 79.0 Å². The van der Waals surface area contributed by atoms with Gasteiger partial charge in [0, 0.05) is 31.4 Å². The highest BCUT2D eigenvalue weighted by molar-refractivity contribution is 6.35. The maximum atomic E-state index is 12.5. The van der Waals surface area contributed by atoms with Gasteiger partial charge in [-0.3, -0.25) is 14.4 Å². The van der Waals surface area contributed by atoms with Crippen LogP contribution in [0.4, 0.5) is 5.69 Å². The zero-order valence-corrected chi connectivity index (χ0v) is 16.6. The van der Waals surface area contributed by atoms with E-state index in [0.717, 1.165) is 31.4 Å². The van der Waals surface area contributed by atoms with Crippen molar-refractivity contribution in [2.45, 2.75) is 45.6 Å². The third kappa shape index (κ3) is 4.64. The molecule has 0 bridgehead atoms. The largest absolute Gasteiger partial charge is 0.494 e. The van der Waals surface area contributed by atoms with Gasteiger partial charge in [-0.05, 0) is 44.0 Å². The molecule has 0 radical (unpaired) electrons. The summed E-state index contributed by atoms with van der Waals surface area (Å²) in [5.41, 5.74) is 0.675. The average molecular weight is 387 g/mol. The first-order valence-electron chi connectivity index (χ1n) is 10.1. The fourth-order valence-electron chi connectivity index (χ4n) is 3.91. The summed E-state index contributed by atoms with van der Waals surface area (Å²) in [6, 6.07) is 7.37. The van der Waals surface area contributed by atoms with Crippen molar-refractivity contribution < 1.29 is 19.1 Å². The zero-order valence-electron chi connectivity index (χ0n) is 16.6. The monoisotopic (exact) mass is 387 g/mol. The third-order valence-electron chi connectivity index (χ3n) is 5.48. The first kappa shape index (κ1) is 20.2. The Balaban J connectivity index is 1.52. The number of carbonyl (C=O) groups excluding carboxylic acids is 3. The Labute approximate surface area is 166 Å². The van der Waals surface area contributed by atoms with Gasteiger partial charge in [0.05, 0.1) is 12.5 Å². The molecule has 1 aliphatic carbocycles. The van der Waals surface area contributed by atoms with Crippen LogP contribution in [0.5, 0.6) is 5.75 Å². The summed E-state index contributed by atoms with van der Waals surface area (Å²) < 4.78 is 5.39. The fourth-order valence-corrected chi connectivity index (χ4v) is 3.91. The van der Waals surface area contributed by atoms with Gasteiger partial charge in [-0.1, -0.05) is 19.8 Å². The quantitative estimate of drug-likeness (QED) is 0.728. The molecule has 7 nitrogen and oxygen atoms in total. The second-order valence-corrected chi connectivity index (χ2v) is 7.54. The van der Waals surface area contributed by atoms with Crippen LogP contribution in [-0.4, -0.2) is 59.8 Å². The SMILES string of the molecule is CCOc1ccc(NC(=O)C(C)CN2CCN(C3CCCC3)C(=O)C2=O)cc1. The van der Waals surface area contributed by atoms with Crippen molar-refractivity contribution in [3.05, 3.63) is 24.3 Å². The Bertz CT molecular complexity index is 713. The van der Waals surface area contributed by atoms with Gasteiger partial charge in [0.1, 0.15) is 5.75 Å². The lowest BCUT2D eigenvalue weighted by molar-refractivity contribution is -0.158. The van der Waals surface area contributed by atoms with E-state index < -0.39 is 17.7 Å². The Morgan fingerprint density at radius 3 is 2.46 bits per heavy atom. The molecule has 152 valence electrons. The smallest absolute Gasteiger partial charge is 0.312 e. The predicted octanol–water partition coefficient (Wildman–Crippen LogP) is 2.27. The molecular weight excluding hydrogens is 358 g/mol. The third-order valence-corrected chi connectivity index (χ3v) is 5.48. The molecule has 2 fully saturated rings. The van der Waals surface area contributed by atoms with Crippen LogP contribution in [0.2, 0.25) is 0 Å². The second-order valence-electron chi connectivity index (χ2n) is 7.54. The van der Waals surface area contributed by atoms with E-state index in [9.17, 15) is 14.4 Å². The van der Waals surface area contributed by atoms with Gasteiger partial charge in [0.25, 0.3) is 0 Å². The van der Waals surface area contributed by atoms with Gasteiger partial charge in [-0.2, -0.15) is 0 Å². The van der Waals surface area contributed by atoms with Crippen molar-refractivity contribution in [2.24, 2.45) is 5.92 Å². The summed E-state index contributed by atoms with van der Waals surface area (Å²) in [5, 5.41) is 2.85. The summed E-state index contributed by atoms with van der Waals surface area (Å²) in [6.07, 6.45) is 4.21. The van der Waals surface area contributed by atoms with Crippen LogP contribution in [0, 0.1) is 5.92 Å². The number of ether oxygens (including phenoxy) is 1. The molecule has 7 heteroatoms. The molecule has 1 saturated carbocycles. The van der Waals surface area contributed by atoms with Crippen molar-refractivity contribution in [1.82, 2.24) is 9.80 Å². The Kier molecular flexibility index (Phi) is 6.54. The highest BCUT2D eigenvalue weighted by atomic mass is 16.5. The number of hydrogen-bond acceptors (Lipinski definition) is 4. The van der Waals surface area contributed by atoms with E-state index >= 15 is 0 Å². The molecule has 1 saturated heterocycles. The van der Waals surface area contributed by atoms with Gasteiger partial charge in [-0.25, -0.2) is 0 Å². The summed E-state index contributed by atoms with van der Waals surface area (Å²) >= 11 is 0. The van der Waals surface area contributed by atoms with Crippen LogP contribution >= 0.6 is 0 Å². The molecule has 0 spiro atoms. The molecular formula is C21H29N3O4. The minimum Gasteiger partial charge on any atom is -0.494 e. The van der Waals surface area contributed by atoms with Crippen molar-refractivity contribution in [2.75, 3.05) is 31.6 Å². The van der Waals surface area contributed by atoms with Crippen LogP contribution in [0.15, 0.2) is 24.3 Å². The highest BCUT2D eigenvalue weighted by Gasteiger charge is 2.38.